The van der Waals surface area contributed by atoms with Crippen LogP contribution in [0.25, 0.3) is 0 Å². The Hall–Kier alpha value is -1.53. The van der Waals surface area contributed by atoms with Crippen molar-refractivity contribution in [2.24, 2.45) is 0 Å². The van der Waals surface area contributed by atoms with Crippen molar-refractivity contribution in [2.75, 3.05) is 6.61 Å². The van der Waals surface area contributed by atoms with E-state index in [4.69, 9.17) is 18.9 Å². The molecule has 3 rings (SSSR count). The van der Waals surface area contributed by atoms with E-state index in [2.05, 4.69) is 0 Å². The van der Waals surface area contributed by atoms with Crippen molar-refractivity contribution in [2.45, 2.75) is 44.2 Å². The van der Waals surface area contributed by atoms with Gasteiger partial charge in [-0.25, -0.2) is 0 Å². The van der Waals surface area contributed by atoms with Crippen LogP contribution in [0.1, 0.15) is 12.5 Å². The Morgan fingerprint density at radius 1 is 1.09 bits per heavy atom. The van der Waals surface area contributed by atoms with E-state index in [0.29, 0.717) is 13.2 Å². The Morgan fingerprint density at radius 2 is 1.91 bits per heavy atom. The predicted molar refractivity (Wildman–Crippen MR) is 79.2 cm³/mol. The molecular weight excluding hydrogens is 284 g/mol. The molecule has 0 bridgehead atoms. The van der Waals surface area contributed by atoms with Crippen molar-refractivity contribution < 1.29 is 23.7 Å². The Morgan fingerprint density at radius 3 is 2.59 bits per heavy atom. The molecule has 22 heavy (non-hydrogen) atoms. The quantitative estimate of drug-likeness (QED) is 0.437. The van der Waals surface area contributed by atoms with Gasteiger partial charge in [0, 0.05) is 6.61 Å². The molecule has 0 amide bonds. The zero-order valence-electron chi connectivity index (χ0n) is 12.5. The summed E-state index contributed by atoms with van der Waals surface area (Å²) in [5.74, 6) is 0. The Labute approximate surface area is 129 Å². The van der Waals surface area contributed by atoms with Gasteiger partial charge >= 0.3 is 0 Å². The molecule has 2 aliphatic heterocycles. The minimum Gasteiger partial charge on any atom is -0.367 e. The van der Waals surface area contributed by atoms with Gasteiger partial charge in [0.1, 0.15) is 24.4 Å². The average molecular weight is 304 g/mol. The molecule has 5 nitrogen and oxygen atoms in total. The summed E-state index contributed by atoms with van der Waals surface area (Å²) in [6, 6.07) is 9.93. The number of hydrogen-bond acceptors (Lipinski definition) is 5. The lowest BCUT2D eigenvalue weighted by atomic mass is 10.1. The highest BCUT2D eigenvalue weighted by Crippen LogP contribution is 2.32. The van der Waals surface area contributed by atoms with Gasteiger partial charge < -0.3 is 23.7 Å². The molecule has 0 radical (unpaired) electrons. The van der Waals surface area contributed by atoms with Crippen molar-refractivity contribution in [3.8, 4) is 0 Å². The summed E-state index contributed by atoms with van der Waals surface area (Å²) >= 11 is 0. The van der Waals surface area contributed by atoms with Gasteiger partial charge in [-0.1, -0.05) is 36.4 Å². The molecule has 5 heteroatoms. The molecule has 1 saturated heterocycles. The molecule has 2 heterocycles. The van der Waals surface area contributed by atoms with E-state index < -0.39 is 12.4 Å². The molecule has 0 saturated carbocycles. The molecule has 0 N–H and O–H groups in total. The first-order valence-electron chi connectivity index (χ1n) is 7.53. The molecule has 0 aliphatic carbocycles. The van der Waals surface area contributed by atoms with E-state index >= 15 is 0 Å². The zero-order chi connectivity index (χ0) is 15.4. The van der Waals surface area contributed by atoms with Crippen LogP contribution in [-0.2, 0) is 30.3 Å². The summed E-state index contributed by atoms with van der Waals surface area (Å²) in [4.78, 5) is 10.8. The van der Waals surface area contributed by atoms with Crippen molar-refractivity contribution >= 4 is 6.29 Å². The second kappa shape index (κ2) is 7.15. The first-order chi connectivity index (χ1) is 10.8. The van der Waals surface area contributed by atoms with Gasteiger partial charge in [-0.15, -0.1) is 0 Å². The number of epoxide rings is 1. The molecular formula is C17H20O5. The van der Waals surface area contributed by atoms with Crippen LogP contribution < -0.4 is 0 Å². The number of hydrogen-bond donors (Lipinski definition) is 0. The number of rotatable bonds is 7. The molecule has 0 spiro atoms. The Balaban J connectivity index is 1.64. The molecule has 1 fully saturated rings. The molecule has 118 valence electrons. The molecule has 1 aromatic carbocycles. The van der Waals surface area contributed by atoms with Crippen LogP contribution in [0.15, 0.2) is 42.5 Å². The van der Waals surface area contributed by atoms with Gasteiger partial charge in [0.2, 0.25) is 0 Å². The lowest BCUT2D eigenvalue weighted by molar-refractivity contribution is -0.183. The fraction of sp³-hybridized carbons (Fsp3) is 0.471. The number of carbonyl (C=O) groups is 1. The van der Waals surface area contributed by atoms with Gasteiger partial charge in [0.25, 0.3) is 0 Å². The fourth-order valence-corrected chi connectivity index (χ4v) is 2.54. The normalized spacial score (nSPS) is 33.6. The van der Waals surface area contributed by atoms with E-state index in [1.165, 1.54) is 0 Å². The summed E-state index contributed by atoms with van der Waals surface area (Å²) in [7, 11) is 0. The van der Waals surface area contributed by atoms with Crippen LogP contribution >= 0.6 is 0 Å². The summed E-state index contributed by atoms with van der Waals surface area (Å²) in [6.45, 7) is 2.94. The predicted octanol–water partition coefficient (Wildman–Crippen LogP) is 1.86. The highest BCUT2D eigenvalue weighted by molar-refractivity contribution is 5.61. The van der Waals surface area contributed by atoms with Crippen molar-refractivity contribution in [1.29, 1.82) is 0 Å². The third-order valence-corrected chi connectivity index (χ3v) is 3.71. The first kappa shape index (κ1) is 15.4. The van der Waals surface area contributed by atoms with Crippen LogP contribution in [0, 0.1) is 0 Å². The zero-order valence-corrected chi connectivity index (χ0v) is 12.5. The Kier molecular flexibility index (Phi) is 5.00. The SMILES string of the molecule is CCO[C@H]1C=C[C@H](OCc2ccccc2)[C@H]([C@H]2O[C@H]2C=O)O1. The maximum absolute atomic E-state index is 10.8. The third-order valence-electron chi connectivity index (χ3n) is 3.71. The molecule has 2 aliphatic rings. The number of aldehydes is 1. The standard InChI is InChI=1S/C17H20O5/c1-2-19-15-9-8-13(16(22-15)17-14(10-18)21-17)20-11-12-6-4-3-5-7-12/h3-10,13-17H,2,11H2,1H3/t13-,14-,15+,16+,17-/m0/s1. The van der Waals surface area contributed by atoms with Gasteiger partial charge in [0.15, 0.2) is 12.6 Å². The smallest absolute Gasteiger partial charge is 0.177 e. The van der Waals surface area contributed by atoms with E-state index in [1.807, 2.05) is 49.4 Å². The van der Waals surface area contributed by atoms with Gasteiger partial charge in [0.05, 0.1) is 6.61 Å². The van der Waals surface area contributed by atoms with E-state index in [0.717, 1.165) is 11.8 Å². The molecule has 0 aromatic heterocycles. The maximum Gasteiger partial charge on any atom is 0.177 e. The van der Waals surface area contributed by atoms with Crippen LogP contribution in [-0.4, -0.2) is 43.6 Å². The lowest BCUT2D eigenvalue weighted by Gasteiger charge is -2.31. The number of benzene rings is 1. The van der Waals surface area contributed by atoms with Crippen LogP contribution in [0.4, 0.5) is 0 Å². The Bertz CT molecular complexity index is 515. The fourth-order valence-electron chi connectivity index (χ4n) is 2.54. The summed E-state index contributed by atoms with van der Waals surface area (Å²) in [5.41, 5.74) is 1.09. The van der Waals surface area contributed by atoms with Crippen LogP contribution in [0.3, 0.4) is 0 Å². The molecule has 5 atom stereocenters. The third kappa shape index (κ3) is 3.62. The largest absolute Gasteiger partial charge is 0.367 e. The lowest BCUT2D eigenvalue weighted by Crippen LogP contribution is -2.42. The van der Waals surface area contributed by atoms with E-state index in [9.17, 15) is 4.79 Å². The van der Waals surface area contributed by atoms with E-state index in [1.54, 1.807) is 0 Å². The number of ether oxygens (including phenoxy) is 4. The molecule has 0 unspecified atom stereocenters. The van der Waals surface area contributed by atoms with Gasteiger partial charge in [-0.3, -0.25) is 0 Å². The highest BCUT2D eigenvalue weighted by Gasteiger charge is 2.50. The van der Waals surface area contributed by atoms with Gasteiger partial charge in [-0.2, -0.15) is 0 Å². The second-order valence-electron chi connectivity index (χ2n) is 5.27. The average Bonchev–Trinajstić information content (AvgIpc) is 3.34. The van der Waals surface area contributed by atoms with Gasteiger partial charge in [-0.05, 0) is 18.6 Å². The van der Waals surface area contributed by atoms with Crippen molar-refractivity contribution in [3.63, 3.8) is 0 Å². The highest BCUT2D eigenvalue weighted by atomic mass is 16.7. The number of carbonyl (C=O) groups excluding carboxylic acids is 1. The van der Waals surface area contributed by atoms with Crippen LogP contribution in [0.2, 0.25) is 0 Å². The summed E-state index contributed by atoms with van der Waals surface area (Å²) < 4.78 is 22.6. The first-order valence-corrected chi connectivity index (χ1v) is 7.53. The monoisotopic (exact) mass is 304 g/mol. The molecule has 1 aromatic rings. The second-order valence-corrected chi connectivity index (χ2v) is 5.27. The van der Waals surface area contributed by atoms with Crippen molar-refractivity contribution in [3.05, 3.63) is 48.0 Å². The minimum atomic E-state index is -0.414. The van der Waals surface area contributed by atoms with Crippen LogP contribution in [0.5, 0.6) is 0 Å². The topological polar surface area (TPSA) is 57.3 Å². The van der Waals surface area contributed by atoms with E-state index in [-0.39, 0.29) is 18.3 Å². The van der Waals surface area contributed by atoms with Crippen molar-refractivity contribution in [1.82, 2.24) is 0 Å². The maximum atomic E-state index is 10.8. The minimum absolute atomic E-state index is 0.258. The summed E-state index contributed by atoms with van der Waals surface area (Å²) in [5, 5.41) is 0. The summed E-state index contributed by atoms with van der Waals surface area (Å²) in [6.07, 6.45) is 2.91.